The van der Waals surface area contributed by atoms with E-state index in [1.807, 2.05) is 11.3 Å². The van der Waals surface area contributed by atoms with E-state index < -0.39 is 0 Å². The zero-order valence-electron chi connectivity index (χ0n) is 35.8. The molecular weight excluding hydrogens is 880 g/mol. The van der Waals surface area contributed by atoms with E-state index in [9.17, 15) is 0 Å². The van der Waals surface area contributed by atoms with Crippen LogP contribution < -0.4 is 0 Å². The Kier molecular flexibility index (Phi) is 8.58. The zero-order valence-corrected chi connectivity index (χ0v) is 38.3. The van der Waals surface area contributed by atoms with Gasteiger partial charge in [-0.2, -0.15) is 0 Å². The third kappa shape index (κ3) is 5.83. The van der Waals surface area contributed by atoms with Crippen LogP contribution in [0.15, 0.2) is 231 Å². The Hall–Kier alpha value is -7.58. The van der Waals surface area contributed by atoms with Gasteiger partial charge in [-0.25, -0.2) is 0 Å². The number of fused-ring (bicyclic) bond motifs is 10. The van der Waals surface area contributed by atoms with E-state index in [0.717, 1.165) is 0 Å². The first-order valence-electron chi connectivity index (χ1n) is 22.6. The normalized spacial score (nSPS) is 11.9. The van der Waals surface area contributed by atoms with E-state index in [4.69, 9.17) is 0 Å². The molecule has 14 aromatic rings. The van der Waals surface area contributed by atoms with Crippen molar-refractivity contribution >= 4 is 108 Å². The molecule has 0 aliphatic rings. The standard InChI is InChI=1S/C64H38SSe/c1-3-15-39(16-4-1)41-28-32-57-54(35-41)55-36-42(29-33-58(55)65-57)62-50-23-11-13-25-52(50)64(53-26-14-12-24-51(53)62)44-27-31-45-56-37-43(30-34-59(56)66-60(45)38-44)63-48-21-9-7-19-46(48)61(40-17-5-2-6-18-40)47-20-8-10-22-49(47)63/h1-38H. The van der Waals surface area contributed by atoms with Gasteiger partial charge in [0.1, 0.15) is 0 Å². The van der Waals surface area contributed by atoms with Crippen molar-refractivity contribution in [3.63, 3.8) is 0 Å². The molecule has 2 heteroatoms. The van der Waals surface area contributed by atoms with Crippen molar-refractivity contribution in [2.24, 2.45) is 0 Å². The average Bonchev–Trinajstić information content (AvgIpc) is 3.94. The fourth-order valence-electron chi connectivity index (χ4n) is 10.9. The molecule has 2 aromatic heterocycles. The van der Waals surface area contributed by atoms with Crippen LogP contribution in [0.4, 0.5) is 0 Å². The van der Waals surface area contributed by atoms with Crippen LogP contribution in [0, 0.1) is 0 Å². The van der Waals surface area contributed by atoms with E-state index in [1.165, 1.54) is 138 Å². The fraction of sp³-hybridized carbons (Fsp3) is 0. The number of hydrogen-bond donors (Lipinski definition) is 0. The van der Waals surface area contributed by atoms with Crippen molar-refractivity contribution in [1.29, 1.82) is 0 Å². The smallest absolute Gasteiger partial charge is 0.0617 e. The monoisotopic (exact) mass is 918 g/mol. The van der Waals surface area contributed by atoms with E-state index in [2.05, 4.69) is 231 Å². The number of rotatable bonds is 5. The second-order valence-electron chi connectivity index (χ2n) is 17.5. The molecule has 0 radical (unpaired) electrons. The summed E-state index contributed by atoms with van der Waals surface area (Å²) in [4.78, 5) is 0. The minimum atomic E-state index is 0.186. The fourth-order valence-corrected chi connectivity index (χ4v) is 14.4. The summed E-state index contributed by atoms with van der Waals surface area (Å²) in [5, 5.41) is 15.7. The van der Waals surface area contributed by atoms with Crippen LogP contribution in [0.25, 0.3) is 138 Å². The minimum Gasteiger partial charge on any atom is -0.0617 e. The van der Waals surface area contributed by atoms with Gasteiger partial charge in [-0.15, -0.1) is 0 Å². The molecule has 14 rings (SSSR count). The SMILES string of the molecule is c1ccc(-c2ccc3sc4ccc(-c5c6ccccc6c(-c6ccc7c(c6)[se]c6ccc(-c8c9ccccc9c(-c9ccccc9)c9ccccc89)cc67)c6ccccc56)cc4c3c2)cc1. The first-order valence-corrected chi connectivity index (χ1v) is 25.2. The van der Waals surface area contributed by atoms with Crippen LogP contribution in [0.1, 0.15) is 0 Å². The van der Waals surface area contributed by atoms with Gasteiger partial charge in [-0.05, 0) is 17.2 Å². The van der Waals surface area contributed by atoms with Crippen LogP contribution >= 0.6 is 11.3 Å². The van der Waals surface area contributed by atoms with Crippen LogP contribution in [0.3, 0.4) is 0 Å². The minimum absolute atomic E-state index is 0.186. The molecule has 306 valence electrons. The van der Waals surface area contributed by atoms with Crippen molar-refractivity contribution in [1.82, 2.24) is 0 Å². The number of thiophene rings is 1. The molecule has 0 amide bonds. The molecule has 0 aliphatic heterocycles. The summed E-state index contributed by atoms with van der Waals surface area (Å²) in [7, 11) is 0. The van der Waals surface area contributed by atoms with Gasteiger partial charge in [0.2, 0.25) is 0 Å². The molecule has 0 unspecified atom stereocenters. The summed E-state index contributed by atoms with van der Waals surface area (Å²) in [5.41, 5.74) is 12.8. The van der Waals surface area contributed by atoms with E-state index >= 15 is 0 Å². The van der Waals surface area contributed by atoms with Crippen molar-refractivity contribution < 1.29 is 0 Å². The predicted octanol–water partition coefficient (Wildman–Crippen LogP) is 18.4. The molecule has 0 N–H and O–H groups in total. The molecule has 0 fully saturated rings. The van der Waals surface area contributed by atoms with Crippen molar-refractivity contribution in [2.45, 2.75) is 0 Å². The Labute approximate surface area is 392 Å². The summed E-state index contributed by atoms with van der Waals surface area (Å²) in [6, 6.07) is 86.4. The Balaban J connectivity index is 0.930. The van der Waals surface area contributed by atoms with E-state index in [-0.39, 0.29) is 14.5 Å². The number of benzene rings is 12. The maximum atomic E-state index is 2.51. The molecule has 0 bridgehead atoms. The molecule has 12 aromatic carbocycles. The van der Waals surface area contributed by atoms with Gasteiger partial charge in [0.25, 0.3) is 0 Å². The Bertz CT molecular complexity index is 4160. The quantitative estimate of drug-likeness (QED) is 0.119. The zero-order chi connectivity index (χ0) is 43.3. The number of hydrogen-bond acceptors (Lipinski definition) is 1. The molecule has 0 atom stereocenters. The molecule has 0 saturated heterocycles. The first-order chi connectivity index (χ1) is 32.7. The van der Waals surface area contributed by atoms with Crippen LogP contribution in [0.5, 0.6) is 0 Å². The van der Waals surface area contributed by atoms with Gasteiger partial charge in [0, 0.05) is 0 Å². The van der Waals surface area contributed by atoms with E-state index in [1.54, 1.807) is 0 Å². The van der Waals surface area contributed by atoms with Gasteiger partial charge >= 0.3 is 341 Å². The van der Waals surface area contributed by atoms with Gasteiger partial charge in [-0.1, -0.05) is 36.4 Å². The molecule has 66 heavy (non-hydrogen) atoms. The second-order valence-corrected chi connectivity index (χ2v) is 20.8. The Morgan fingerprint density at radius 2 is 0.576 bits per heavy atom. The van der Waals surface area contributed by atoms with Crippen LogP contribution in [-0.4, -0.2) is 14.5 Å². The van der Waals surface area contributed by atoms with Crippen molar-refractivity contribution in [3.8, 4) is 55.6 Å². The third-order valence-corrected chi connectivity index (χ3v) is 17.4. The predicted molar refractivity (Wildman–Crippen MR) is 288 cm³/mol. The van der Waals surface area contributed by atoms with Gasteiger partial charge < -0.3 is 0 Å². The third-order valence-electron chi connectivity index (χ3n) is 13.8. The topological polar surface area (TPSA) is 0 Å². The van der Waals surface area contributed by atoms with Crippen LogP contribution in [-0.2, 0) is 0 Å². The molecule has 2 heterocycles. The molecular formula is C64H38SSe. The molecule has 0 aliphatic carbocycles. The summed E-state index contributed by atoms with van der Waals surface area (Å²) in [6.45, 7) is 0. The first kappa shape index (κ1) is 37.8. The van der Waals surface area contributed by atoms with Crippen molar-refractivity contribution in [2.75, 3.05) is 0 Å². The Morgan fingerprint density at radius 3 is 1.08 bits per heavy atom. The van der Waals surface area contributed by atoms with Gasteiger partial charge in [0.05, 0.1) is 0 Å². The second kappa shape index (κ2) is 15.0. The van der Waals surface area contributed by atoms with Gasteiger partial charge in [-0.3, -0.25) is 0 Å². The van der Waals surface area contributed by atoms with Crippen molar-refractivity contribution in [3.05, 3.63) is 231 Å². The van der Waals surface area contributed by atoms with Gasteiger partial charge in [0.15, 0.2) is 0 Å². The maximum absolute atomic E-state index is 2.51. The summed E-state index contributed by atoms with van der Waals surface area (Å²) in [5.74, 6) is 0. The average molecular weight is 918 g/mol. The summed E-state index contributed by atoms with van der Waals surface area (Å²) in [6.07, 6.45) is 0. The molecule has 0 nitrogen and oxygen atoms in total. The summed E-state index contributed by atoms with van der Waals surface area (Å²) < 4.78 is 5.54. The molecule has 0 saturated carbocycles. The van der Waals surface area contributed by atoms with E-state index in [0.29, 0.717) is 0 Å². The summed E-state index contributed by atoms with van der Waals surface area (Å²) >= 11 is 2.07. The Morgan fingerprint density at radius 1 is 0.212 bits per heavy atom. The van der Waals surface area contributed by atoms with Crippen LogP contribution in [0.2, 0.25) is 0 Å². The molecule has 0 spiro atoms.